The summed E-state index contributed by atoms with van der Waals surface area (Å²) < 4.78 is 2.47. The molecule has 0 N–H and O–H groups in total. The van der Waals surface area contributed by atoms with E-state index in [1.807, 2.05) is 0 Å². The second kappa shape index (κ2) is 8.54. The molecule has 1 aliphatic rings. The van der Waals surface area contributed by atoms with Crippen LogP contribution in [0.15, 0.2) is 103 Å². The summed E-state index contributed by atoms with van der Waals surface area (Å²) in [6.45, 7) is 2.18. The smallest absolute Gasteiger partial charge is 0.180 e. The number of aromatic nitrogens is 1. The van der Waals surface area contributed by atoms with E-state index in [2.05, 4.69) is 113 Å². The highest BCUT2D eigenvalue weighted by molar-refractivity contribution is 5.73. The monoisotopic (exact) mass is 391 g/mol. The maximum Gasteiger partial charge on any atom is 0.243 e. The van der Waals surface area contributed by atoms with Gasteiger partial charge in [-0.05, 0) is 54.7 Å². The van der Waals surface area contributed by atoms with Gasteiger partial charge in [-0.15, -0.1) is 0 Å². The van der Waals surface area contributed by atoms with Gasteiger partial charge in [-0.1, -0.05) is 71.4 Å². The van der Waals surface area contributed by atoms with E-state index in [1.54, 1.807) is 0 Å². The van der Waals surface area contributed by atoms with E-state index in [0.717, 1.165) is 13.1 Å². The fourth-order valence-electron chi connectivity index (χ4n) is 4.40. The molecular formula is C28H27N2+. The first-order valence-electron chi connectivity index (χ1n) is 10.9. The van der Waals surface area contributed by atoms with E-state index >= 15 is 0 Å². The number of hydrogen-bond donors (Lipinski definition) is 0. The van der Waals surface area contributed by atoms with Crippen molar-refractivity contribution in [3.05, 3.63) is 103 Å². The first-order chi connectivity index (χ1) is 14.9. The molecule has 0 unspecified atom stereocenters. The maximum absolute atomic E-state index is 2.53. The lowest BCUT2D eigenvalue weighted by atomic mass is 9.99. The molecule has 1 aromatic heterocycles. The zero-order valence-corrected chi connectivity index (χ0v) is 17.2. The lowest BCUT2D eigenvalue weighted by molar-refractivity contribution is -0.673. The summed E-state index contributed by atoms with van der Waals surface area (Å²) in [5.74, 6) is 0. The van der Waals surface area contributed by atoms with Gasteiger partial charge in [-0.3, -0.25) is 0 Å². The van der Waals surface area contributed by atoms with Crippen molar-refractivity contribution in [3.8, 4) is 33.6 Å². The number of benzene rings is 3. The Labute approximate surface area is 179 Å². The molecule has 1 fully saturated rings. The Bertz CT molecular complexity index is 1040. The van der Waals surface area contributed by atoms with E-state index in [0.29, 0.717) is 0 Å². The van der Waals surface area contributed by atoms with E-state index in [9.17, 15) is 0 Å². The molecule has 3 aromatic carbocycles. The average molecular weight is 392 g/mol. The molecule has 2 heterocycles. The van der Waals surface area contributed by atoms with Gasteiger partial charge in [0.2, 0.25) is 11.4 Å². The lowest BCUT2D eigenvalue weighted by Gasteiger charge is -2.26. The summed E-state index contributed by atoms with van der Waals surface area (Å²) in [4.78, 5) is 0. The van der Waals surface area contributed by atoms with Crippen molar-refractivity contribution in [2.45, 2.75) is 19.3 Å². The molecule has 0 saturated carbocycles. The summed E-state index contributed by atoms with van der Waals surface area (Å²) in [5.41, 5.74) is 7.49. The van der Waals surface area contributed by atoms with Crippen LogP contribution in [0.3, 0.4) is 0 Å². The van der Waals surface area contributed by atoms with Crippen LogP contribution in [0, 0.1) is 0 Å². The molecule has 4 aromatic rings. The minimum atomic E-state index is 1.09. The predicted molar refractivity (Wildman–Crippen MR) is 125 cm³/mol. The average Bonchev–Trinajstić information content (AvgIpc) is 2.85. The van der Waals surface area contributed by atoms with E-state index in [-0.39, 0.29) is 0 Å². The molecular weight excluding hydrogens is 364 g/mol. The van der Waals surface area contributed by atoms with Crippen molar-refractivity contribution < 1.29 is 4.68 Å². The zero-order valence-electron chi connectivity index (χ0n) is 17.2. The molecule has 0 spiro atoms. The van der Waals surface area contributed by atoms with Crippen molar-refractivity contribution in [1.82, 2.24) is 0 Å². The Morgan fingerprint density at radius 3 is 1.37 bits per heavy atom. The highest BCUT2D eigenvalue weighted by atomic mass is 15.5. The van der Waals surface area contributed by atoms with Crippen LogP contribution >= 0.6 is 0 Å². The Hall–Kier alpha value is -3.39. The van der Waals surface area contributed by atoms with Gasteiger partial charge in [-0.25, -0.2) is 0 Å². The Balaban J connectivity index is 1.80. The number of pyridine rings is 1. The van der Waals surface area contributed by atoms with Crippen LogP contribution in [-0.2, 0) is 0 Å². The van der Waals surface area contributed by atoms with Gasteiger partial charge in [0.25, 0.3) is 0 Å². The molecule has 0 bridgehead atoms. The molecule has 0 radical (unpaired) electrons. The van der Waals surface area contributed by atoms with Gasteiger partial charge in [0.05, 0.1) is 13.1 Å². The third kappa shape index (κ3) is 3.73. The van der Waals surface area contributed by atoms with Crippen molar-refractivity contribution in [2.24, 2.45) is 0 Å². The number of rotatable bonds is 4. The normalized spacial score (nSPS) is 13.9. The van der Waals surface area contributed by atoms with Gasteiger partial charge in [0, 0.05) is 23.3 Å². The molecule has 0 aliphatic carbocycles. The number of hydrogen-bond acceptors (Lipinski definition) is 1. The van der Waals surface area contributed by atoms with Crippen LogP contribution in [0.25, 0.3) is 33.6 Å². The minimum Gasteiger partial charge on any atom is -0.180 e. The molecule has 148 valence electrons. The lowest BCUT2D eigenvalue weighted by Crippen LogP contribution is -2.62. The van der Waals surface area contributed by atoms with E-state index in [4.69, 9.17) is 0 Å². The number of nitrogens with zero attached hydrogens (tertiary/aromatic N) is 2. The summed E-state index contributed by atoms with van der Waals surface area (Å²) in [7, 11) is 0. The predicted octanol–water partition coefficient (Wildman–Crippen LogP) is 6.10. The van der Waals surface area contributed by atoms with Crippen LogP contribution in [0.4, 0.5) is 0 Å². The zero-order chi connectivity index (χ0) is 20.2. The summed E-state index contributed by atoms with van der Waals surface area (Å²) >= 11 is 0. The van der Waals surface area contributed by atoms with Gasteiger partial charge in [0.1, 0.15) is 0 Å². The van der Waals surface area contributed by atoms with Crippen molar-refractivity contribution in [1.29, 1.82) is 0 Å². The second-order valence-corrected chi connectivity index (χ2v) is 7.94. The molecule has 0 atom stereocenters. The van der Waals surface area contributed by atoms with Crippen LogP contribution in [0.2, 0.25) is 0 Å². The van der Waals surface area contributed by atoms with Crippen molar-refractivity contribution in [2.75, 3.05) is 18.1 Å². The summed E-state index contributed by atoms with van der Waals surface area (Å²) in [5, 5.41) is 2.53. The maximum atomic E-state index is 2.53. The number of piperidine rings is 1. The fraction of sp³-hybridized carbons (Fsp3) is 0.179. The van der Waals surface area contributed by atoms with Gasteiger partial charge in [-0.2, -0.15) is 5.01 Å². The summed E-state index contributed by atoms with van der Waals surface area (Å²) in [6, 6.07) is 37.0. The van der Waals surface area contributed by atoms with Crippen LogP contribution < -0.4 is 9.69 Å². The molecule has 5 rings (SSSR count). The topological polar surface area (TPSA) is 7.12 Å². The molecule has 1 saturated heterocycles. The third-order valence-electron chi connectivity index (χ3n) is 5.90. The fourth-order valence-corrected chi connectivity index (χ4v) is 4.40. The minimum absolute atomic E-state index is 1.09. The van der Waals surface area contributed by atoms with E-state index < -0.39 is 0 Å². The largest absolute Gasteiger partial charge is 0.243 e. The Morgan fingerprint density at radius 1 is 0.467 bits per heavy atom. The first-order valence-corrected chi connectivity index (χ1v) is 10.9. The van der Waals surface area contributed by atoms with Crippen LogP contribution in [0.1, 0.15) is 19.3 Å². The van der Waals surface area contributed by atoms with E-state index in [1.165, 1.54) is 52.9 Å². The SMILES string of the molecule is c1ccc(-c2cc(-c3ccccc3)[n+](N3CCCCC3)c(-c3ccccc3)c2)cc1. The van der Waals surface area contributed by atoms with Crippen molar-refractivity contribution >= 4 is 0 Å². The van der Waals surface area contributed by atoms with Crippen molar-refractivity contribution in [3.63, 3.8) is 0 Å². The van der Waals surface area contributed by atoms with Gasteiger partial charge in [0.15, 0.2) is 0 Å². The first kappa shape index (κ1) is 18.6. The Kier molecular flexibility index (Phi) is 5.30. The highest BCUT2D eigenvalue weighted by Crippen LogP contribution is 2.29. The molecule has 2 heteroatoms. The standard InChI is InChI=1S/C28H27N2/c1-5-13-23(14-6-1)26-21-27(24-15-7-2-8-16-24)30(29-19-11-4-12-20-29)28(22-26)25-17-9-3-10-18-25/h1-3,5-10,13-18,21-22H,4,11-12,19-20H2/q+1. The molecule has 1 aliphatic heterocycles. The van der Waals surface area contributed by atoms with Crippen LogP contribution in [0.5, 0.6) is 0 Å². The van der Waals surface area contributed by atoms with Gasteiger partial charge < -0.3 is 0 Å². The second-order valence-electron chi connectivity index (χ2n) is 7.94. The van der Waals surface area contributed by atoms with Crippen LogP contribution in [-0.4, -0.2) is 13.1 Å². The Morgan fingerprint density at radius 2 is 0.900 bits per heavy atom. The quantitative estimate of drug-likeness (QED) is 0.381. The third-order valence-corrected chi connectivity index (χ3v) is 5.90. The van der Waals surface area contributed by atoms with Gasteiger partial charge >= 0.3 is 0 Å². The molecule has 0 amide bonds. The molecule has 2 nitrogen and oxygen atoms in total. The molecule has 30 heavy (non-hydrogen) atoms. The highest BCUT2D eigenvalue weighted by Gasteiger charge is 2.29. The summed E-state index contributed by atoms with van der Waals surface area (Å²) in [6.07, 6.45) is 3.81.